The highest BCUT2D eigenvalue weighted by molar-refractivity contribution is 5.32. The van der Waals surface area contributed by atoms with E-state index in [1.54, 1.807) is 5.57 Å². The fraction of sp³-hybridized carbons (Fsp3) is 0.517. The molecule has 0 spiro atoms. The number of hydrogen-bond donors (Lipinski definition) is 0. The topological polar surface area (TPSA) is 6.48 Å². The number of nitrogens with zero attached hydrogens (tertiary/aromatic N) is 2. The average Bonchev–Trinajstić information content (AvgIpc) is 2.82. The normalized spacial score (nSPS) is 18.1. The standard InChI is InChI=1S/C18H24N2.C7H12.C4H10/c1-19-12-14-20(15-13-19)18(16-8-4-2-5-9-16)17-10-6-3-7-11-17;1-4-6-7(3)5-2;1-3-4-2/h2-6,8-10,18H,7,11-15H2,1H3;4,6H,1,5H2,2-3H3;3-4H2,1-2H3/b;7-6+;. The zero-order chi connectivity index (χ0) is 22.9. The molecule has 0 bridgehead atoms. The fourth-order valence-electron chi connectivity index (χ4n) is 3.54. The van der Waals surface area contributed by atoms with Gasteiger partial charge in [0.15, 0.2) is 0 Å². The van der Waals surface area contributed by atoms with Crippen LogP contribution >= 0.6 is 0 Å². The van der Waals surface area contributed by atoms with Gasteiger partial charge in [-0.1, -0.05) is 106 Å². The van der Waals surface area contributed by atoms with Gasteiger partial charge in [-0.3, -0.25) is 4.90 Å². The predicted molar refractivity (Wildman–Crippen MR) is 140 cm³/mol. The first-order valence-electron chi connectivity index (χ1n) is 12.2. The summed E-state index contributed by atoms with van der Waals surface area (Å²) >= 11 is 0. The van der Waals surface area contributed by atoms with Crippen LogP contribution in [0.4, 0.5) is 0 Å². The summed E-state index contributed by atoms with van der Waals surface area (Å²) in [6, 6.07) is 11.5. The molecule has 1 aromatic carbocycles. The number of benzene rings is 1. The summed E-state index contributed by atoms with van der Waals surface area (Å²) < 4.78 is 0. The Bertz CT molecular complexity index is 674. The van der Waals surface area contributed by atoms with E-state index in [1.165, 1.54) is 49.9 Å². The second-order valence-corrected chi connectivity index (χ2v) is 8.46. The summed E-state index contributed by atoms with van der Waals surface area (Å²) in [7, 11) is 2.22. The summed E-state index contributed by atoms with van der Waals surface area (Å²) in [5.41, 5.74) is 4.40. The number of unbranched alkanes of at least 4 members (excludes halogenated alkanes) is 1. The van der Waals surface area contributed by atoms with Gasteiger partial charge in [0.2, 0.25) is 0 Å². The van der Waals surface area contributed by atoms with Gasteiger partial charge in [-0.25, -0.2) is 0 Å². The highest BCUT2D eigenvalue weighted by Crippen LogP contribution is 2.33. The summed E-state index contributed by atoms with van der Waals surface area (Å²) in [5.74, 6) is 0. The molecular weight excluding hydrogens is 376 g/mol. The molecule has 0 N–H and O–H groups in total. The molecule has 3 rings (SSSR count). The first-order valence-corrected chi connectivity index (χ1v) is 12.2. The molecule has 0 radical (unpaired) electrons. The van der Waals surface area contributed by atoms with Crippen LogP contribution in [0.15, 0.2) is 78.4 Å². The van der Waals surface area contributed by atoms with Crippen molar-refractivity contribution >= 4 is 0 Å². The van der Waals surface area contributed by atoms with E-state index < -0.39 is 0 Å². The number of rotatable bonds is 6. The average molecular weight is 423 g/mol. The predicted octanol–water partition coefficient (Wildman–Crippen LogP) is 7.59. The lowest BCUT2D eigenvalue weighted by atomic mass is 9.91. The number of piperazine rings is 1. The maximum Gasteiger partial charge on any atom is 0.0565 e. The van der Waals surface area contributed by atoms with E-state index in [9.17, 15) is 0 Å². The van der Waals surface area contributed by atoms with Crippen LogP contribution in [0.1, 0.15) is 71.4 Å². The Morgan fingerprint density at radius 3 is 2.13 bits per heavy atom. The van der Waals surface area contributed by atoms with Crippen LogP contribution in [0.3, 0.4) is 0 Å². The first-order chi connectivity index (χ1) is 15.1. The molecule has 1 aliphatic heterocycles. The van der Waals surface area contributed by atoms with Crippen molar-refractivity contribution < 1.29 is 0 Å². The maximum atomic E-state index is 3.57. The monoisotopic (exact) mass is 422 g/mol. The molecular formula is C29H46N2. The van der Waals surface area contributed by atoms with Gasteiger partial charge in [0.05, 0.1) is 6.04 Å². The minimum Gasteiger partial charge on any atom is -0.304 e. The molecule has 1 unspecified atom stereocenters. The zero-order valence-corrected chi connectivity index (χ0v) is 20.8. The lowest BCUT2D eigenvalue weighted by Crippen LogP contribution is -2.46. The van der Waals surface area contributed by atoms with Gasteiger partial charge in [-0.2, -0.15) is 0 Å². The van der Waals surface area contributed by atoms with Crippen molar-refractivity contribution in [3.05, 3.63) is 84.0 Å². The van der Waals surface area contributed by atoms with Crippen molar-refractivity contribution in [3.63, 3.8) is 0 Å². The van der Waals surface area contributed by atoms with Crippen LogP contribution < -0.4 is 0 Å². The number of hydrogen-bond acceptors (Lipinski definition) is 2. The van der Waals surface area contributed by atoms with E-state index in [0.29, 0.717) is 6.04 Å². The number of likely N-dealkylation sites (N-methyl/N-ethyl adjacent to an activating group) is 1. The van der Waals surface area contributed by atoms with Crippen molar-refractivity contribution in [2.24, 2.45) is 0 Å². The molecule has 1 fully saturated rings. The highest BCUT2D eigenvalue weighted by atomic mass is 15.3. The Balaban J connectivity index is 0.000000366. The van der Waals surface area contributed by atoms with Crippen molar-refractivity contribution in [2.45, 2.75) is 65.8 Å². The molecule has 0 aromatic heterocycles. The molecule has 172 valence electrons. The lowest BCUT2D eigenvalue weighted by Gasteiger charge is -2.39. The third-order valence-corrected chi connectivity index (χ3v) is 5.88. The van der Waals surface area contributed by atoms with Gasteiger partial charge in [-0.15, -0.1) is 0 Å². The minimum atomic E-state index is 0.467. The van der Waals surface area contributed by atoms with Crippen LogP contribution in [0.2, 0.25) is 0 Å². The maximum absolute atomic E-state index is 3.57. The van der Waals surface area contributed by atoms with Gasteiger partial charge in [-0.05, 0) is 44.4 Å². The van der Waals surface area contributed by atoms with Crippen LogP contribution in [0.25, 0.3) is 0 Å². The largest absolute Gasteiger partial charge is 0.304 e. The van der Waals surface area contributed by atoms with Gasteiger partial charge in [0.25, 0.3) is 0 Å². The van der Waals surface area contributed by atoms with Crippen LogP contribution in [0, 0.1) is 0 Å². The Labute approximate surface area is 193 Å². The van der Waals surface area contributed by atoms with Gasteiger partial charge >= 0.3 is 0 Å². The SMILES string of the molecule is C=C/C=C(\C)CC.CCCC.CN1CCN(C(C2=CC=CCC2)c2ccccc2)CC1. The Kier molecular flexibility index (Phi) is 14.7. The molecule has 1 saturated heterocycles. The van der Waals surface area contributed by atoms with Gasteiger partial charge in [0, 0.05) is 26.2 Å². The molecule has 1 aliphatic carbocycles. The quantitative estimate of drug-likeness (QED) is 0.436. The third-order valence-electron chi connectivity index (χ3n) is 5.88. The van der Waals surface area contributed by atoms with Crippen molar-refractivity contribution in [2.75, 3.05) is 33.2 Å². The molecule has 2 nitrogen and oxygen atoms in total. The first kappa shape index (κ1) is 27.1. The summed E-state index contributed by atoms with van der Waals surface area (Å²) in [4.78, 5) is 5.08. The van der Waals surface area contributed by atoms with E-state index in [1.807, 2.05) is 12.2 Å². The molecule has 2 aliphatic rings. The fourth-order valence-corrected chi connectivity index (χ4v) is 3.54. The highest BCUT2D eigenvalue weighted by Gasteiger charge is 2.26. The van der Waals surface area contributed by atoms with E-state index in [-0.39, 0.29) is 0 Å². The van der Waals surface area contributed by atoms with Crippen molar-refractivity contribution in [1.82, 2.24) is 9.80 Å². The summed E-state index contributed by atoms with van der Waals surface area (Å²) in [6.45, 7) is 16.8. The summed E-state index contributed by atoms with van der Waals surface area (Å²) in [5, 5.41) is 0. The molecule has 2 heteroatoms. The van der Waals surface area contributed by atoms with Gasteiger partial charge < -0.3 is 4.90 Å². The minimum absolute atomic E-state index is 0.467. The molecule has 1 aromatic rings. The third kappa shape index (κ3) is 10.8. The van der Waals surface area contributed by atoms with Gasteiger partial charge in [0.1, 0.15) is 0 Å². The second kappa shape index (κ2) is 16.8. The smallest absolute Gasteiger partial charge is 0.0565 e. The van der Waals surface area contributed by atoms with Crippen LogP contribution in [0.5, 0.6) is 0 Å². The molecule has 0 amide bonds. The Morgan fingerprint density at radius 2 is 1.68 bits per heavy atom. The summed E-state index contributed by atoms with van der Waals surface area (Å²) in [6.07, 6.45) is 16.8. The van der Waals surface area contributed by atoms with E-state index in [4.69, 9.17) is 0 Å². The van der Waals surface area contributed by atoms with Crippen LogP contribution in [-0.4, -0.2) is 43.0 Å². The molecule has 1 atom stereocenters. The molecule has 0 saturated carbocycles. The van der Waals surface area contributed by atoms with E-state index in [0.717, 1.165) is 19.5 Å². The van der Waals surface area contributed by atoms with E-state index >= 15 is 0 Å². The van der Waals surface area contributed by atoms with Crippen molar-refractivity contribution in [1.29, 1.82) is 0 Å². The molecule has 31 heavy (non-hydrogen) atoms. The van der Waals surface area contributed by atoms with Crippen molar-refractivity contribution in [3.8, 4) is 0 Å². The van der Waals surface area contributed by atoms with E-state index in [2.05, 4.69) is 99.7 Å². The molecule has 1 heterocycles. The Morgan fingerprint density at radius 1 is 1.03 bits per heavy atom. The number of allylic oxidation sites excluding steroid dienone is 6. The zero-order valence-electron chi connectivity index (χ0n) is 20.8. The van der Waals surface area contributed by atoms with Crippen LogP contribution in [-0.2, 0) is 0 Å². The second-order valence-electron chi connectivity index (χ2n) is 8.46. The lowest BCUT2D eigenvalue weighted by molar-refractivity contribution is 0.124. The Hall–Kier alpha value is -1.90.